The molecule has 2 aliphatic rings. The predicted octanol–water partition coefficient (Wildman–Crippen LogP) is 3.72. The fraction of sp³-hybridized carbons (Fsp3) is 0.667. The number of nitrogens with one attached hydrogen (secondary N) is 1. The van der Waals surface area contributed by atoms with Gasteiger partial charge in [0, 0.05) is 18.2 Å². The number of ether oxygens (including phenoxy) is 1. The molecule has 4 nitrogen and oxygen atoms in total. The van der Waals surface area contributed by atoms with Gasteiger partial charge in [-0.1, -0.05) is 19.8 Å². The highest BCUT2D eigenvalue weighted by Gasteiger charge is 2.29. The molecule has 1 heterocycles. The third-order valence-electron chi connectivity index (χ3n) is 5.95. The molecule has 1 aliphatic heterocycles. The lowest BCUT2D eigenvalue weighted by Crippen LogP contribution is -2.47. The number of nitrogens with zero attached hydrogens (tertiary/aromatic N) is 1. The summed E-state index contributed by atoms with van der Waals surface area (Å²) in [5.74, 6) is 2.29. The van der Waals surface area contributed by atoms with Crippen LogP contribution in [0.2, 0.25) is 0 Å². The zero-order valence-electron chi connectivity index (χ0n) is 15.7. The Balaban J connectivity index is 1.57. The Bertz CT molecular complexity index is 550. The first-order chi connectivity index (χ1) is 12.2. The van der Waals surface area contributed by atoms with Crippen molar-refractivity contribution in [3.63, 3.8) is 0 Å². The molecule has 1 aromatic rings. The Kier molecular flexibility index (Phi) is 6.35. The zero-order valence-corrected chi connectivity index (χ0v) is 15.7. The Morgan fingerprint density at radius 2 is 1.80 bits per heavy atom. The molecule has 2 atom stereocenters. The lowest BCUT2D eigenvalue weighted by atomic mass is 9.83. The van der Waals surface area contributed by atoms with Gasteiger partial charge >= 0.3 is 0 Å². The number of methoxy groups -OCH3 is 1. The molecule has 0 spiro atoms. The third kappa shape index (κ3) is 4.97. The number of amides is 1. The molecule has 2 fully saturated rings. The largest absolute Gasteiger partial charge is 0.497 e. The molecule has 3 rings (SSSR count). The SMILES string of the molecule is COc1ccc(C(=O)N[C@@H]2CCCC[C@H]2CN2CCC(C)CC2)cc1. The van der Waals surface area contributed by atoms with Crippen LogP contribution >= 0.6 is 0 Å². The lowest BCUT2D eigenvalue weighted by Gasteiger charge is -2.38. The van der Waals surface area contributed by atoms with Gasteiger partial charge in [0.1, 0.15) is 5.75 Å². The van der Waals surface area contributed by atoms with E-state index in [2.05, 4.69) is 17.1 Å². The van der Waals surface area contributed by atoms with Gasteiger partial charge in [0.25, 0.3) is 5.91 Å². The molecule has 1 amide bonds. The minimum Gasteiger partial charge on any atom is -0.497 e. The molecule has 1 saturated carbocycles. The van der Waals surface area contributed by atoms with Crippen molar-refractivity contribution < 1.29 is 9.53 Å². The number of benzene rings is 1. The molecule has 1 saturated heterocycles. The molecule has 138 valence electrons. The van der Waals surface area contributed by atoms with Crippen LogP contribution in [0.5, 0.6) is 5.75 Å². The highest BCUT2D eigenvalue weighted by atomic mass is 16.5. The topological polar surface area (TPSA) is 41.6 Å². The highest BCUT2D eigenvalue weighted by Crippen LogP contribution is 2.27. The van der Waals surface area contributed by atoms with Crippen LogP contribution in [0.4, 0.5) is 0 Å². The van der Waals surface area contributed by atoms with Gasteiger partial charge in [-0.05, 0) is 74.9 Å². The first kappa shape index (κ1) is 18.2. The van der Waals surface area contributed by atoms with E-state index >= 15 is 0 Å². The summed E-state index contributed by atoms with van der Waals surface area (Å²) in [6.45, 7) is 5.93. The first-order valence-electron chi connectivity index (χ1n) is 9.83. The molecule has 1 aliphatic carbocycles. The molecule has 0 radical (unpaired) electrons. The summed E-state index contributed by atoms with van der Waals surface area (Å²) in [5, 5.41) is 3.31. The second-order valence-electron chi connectivity index (χ2n) is 7.84. The minimum atomic E-state index is 0.0480. The average Bonchev–Trinajstić information content (AvgIpc) is 2.65. The summed E-state index contributed by atoms with van der Waals surface area (Å²) in [4.78, 5) is 15.2. The number of piperidine rings is 1. The van der Waals surface area contributed by atoms with E-state index in [1.54, 1.807) is 7.11 Å². The molecule has 1 aromatic carbocycles. The van der Waals surface area contributed by atoms with Crippen molar-refractivity contribution in [3.8, 4) is 5.75 Å². The van der Waals surface area contributed by atoms with Crippen molar-refractivity contribution in [3.05, 3.63) is 29.8 Å². The second kappa shape index (κ2) is 8.70. The van der Waals surface area contributed by atoms with E-state index in [4.69, 9.17) is 4.74 Å². The highest BCUT2D eigenvalue weighted by molar-refractivity contribution is 5.94. The van der Waals surface area contributed by atoms with Crippen molar-refractivity contribution in [1.82, 2.24) is 10.2 Å². The number of carbonyl (C=O) groups excluding carboxylic acids is 1. The van der Waals surface area contributed by atoms with Gasteiger partial charge in [0.05, 0.1) is 7.11 Å². The molecule has 0 aromatic heterocycles. The summed E-state index contributed by atoms with van der Waals surface area (Å²) in [6, 6.07) is 7.70. The Morgan fingerprint density at radius 3 is 2.48 bits per heavy atom. The maximum absolute atomic E-state index is 12.6. The standard InChI is InChI=1S/C21H32N2O2/c1-16-11-13-23(14-12-16)15-18-5-3-4-6-20(18)22-21(24)17-7-9-19(25-2)10-8-17/h7-10,16,18,20H,3-6,11-15H2,1-2H3,(H,22,24)/t18-,20+/m0/s1. The number of likely N-dealkylation sites (tertiary alicyclic amines) is 1. The quantitative estimate of drug-likeness (QED) is 0.885. The third-order valence-corrected chi connectivity index (χ3v) is 5.95. The molecule has 1 N–H and O–H groups in total. The van der Waals surface area contributed by atoms with Crippen LogP contribution in [0.1, 0.15) is 55.8 Å². The van der Waals surface area contributed by atoms with Crippen molar-refractivity contribution in [2.75, 3.05) is 26.7 Å². The molecule has 4 heteroatoms. The maximum Gasteiger partial charge on any atom is 0.251 e. The fourth-order valence-corrected chi connectivity index (χ4v) is 4.19. The average molecular weight is 344 g/mol. The van der Waals surface area contributed by atoms with Gasteiger partial charge < -0.3 is 15.0 Å². The van der Waals surface area contributed by atoms with Crippen LogP contribution in [-0.2, 0) is 0 Å². The smallest absolute Gasteiger partial charge is 0.251 e. The summed E-state index contributed by atoms with van der Waals surface area (Å²) in [7, 11) is 1.64. The van der Waals surface area contributed by atoms with Crippen LogP contribution in [0.3, 0.4) is 0 Å². The molecular formula is C21H32N2O2. The molecular weight excluding hydrogens is 312 g/mol. The minimum absolute atomic E-state index is 0.0480. The van der Waals surface area contributed by atoms with Gasteiger partial charge in [-0.25, -0.2) is 0 Å². The first-order valence-corrected chi connectivity index (χ1v) is 9.83. The van der Waals surface area contributed by atoms with E-state index < -0.39 is 0 Å². The van der Waals surface area contributed by atoms with Gasteiger partial charge in [0.15, 0.2) is 0 Å². The Hall–Kier alpha value is -1.55. The molecule has 25 heavy (non-hydrogen) atoms. The molecule has 0 bridgehead atoms. The second-order valence-corrected chi connectivity index (χ2v) is 7.84. The van der Waals surface area contributed by atoms with E-state index in [0.717, 1.165) is 30.2 Å². The van der Waals surface area contributed by atoms with E-state index in [9.17, 15) is 4.79 Å². The lowest BCUT2D eigenvalue weighted by molar-refractivity contribution is 0.0868. The fourth-order valence-electron chi connectivity index (χ4n) is 4.19. The van der Waals surface area contributed by atoms with Gasteiger partial charge in [-0.3, -0.25) is 4.79 Å². The molecule has 0 unspecified atom stereocenters. The van der Waals surface area contributed by atoms with Crippen molar-refractivity contribution in [2.24, 2.45) is 11.8 Å². The summed E-state index contributed by atoms with van der Waals surface area (Å²) < 4.78 is 5.17. The van der Waals surface area contributed by atoms with Gasteiger partial charge in [-0.15, -0.1) is 0 Å². The Labute approximate surface area is 151 Å². The van der Waals surface area contributed by atoms with Crippen LogP contribution in [-0.4, -0.2) is 43.6 Å². The number of carbonyl (C=O) groups is 1. The van der Waals surface area contributed by atoms with Crippen molar-refractivity contribution in [1.29, 1.82) is 0 Å². The maximum atomic E-state index is 12.6. The summed E-state index contributed by atoms with van der Waals surface area (Å²) in [6.07, 6.45) is 7.49. The van der Waals surface area contributed by atoms with E-state index in [0.29, 0.717) is 12.0 Å². The normalized spacial score (nSPS) is 25.5. The van der Waals surface area contributed by atoms with E-state index in [-0.39, 0.29) is 5.91 Å². The monoisotopic (exact) mass is 344 g/mol. The number of hydrogen-bond donors (Lipinski definition) is 1. The summed E-state index contributed by atoms with van der Waals surface area (Å²) >= 11 is 0. The Morgan fingerprint density at radius 1 is 1.12 bits per heavy atom. The van der Waals surface area contributed by atoms with Gasteiger partial charge in [0.2, 0.25) is 0 Å². The van der Waals surface area contributed by atoms with E-state index in [1.165, 1.54) is 45.2 Å². The van der Waals surface area contributed by atoms with E-state index in [1.807, 2.05) is 24.3 Å². The number of hydrogen-bond acceptors (Lipinski definition) is 3. The van der Waals surface area contributed by atoms with Crippen LogP contribution < -0.4 is 10.1 Å². The van der Waals surface area contributed by atoms with Gasteiger partial charge in [-0.2, -0.15) is 0 Å². The van der Waals surface area contributed by atoms with Crippen LogP contribution in [0.15, 0.2) is 24.3 Å². The van der Waals surface area contributed by atoms with Crippen LogP contribution in [0, 0.1) is 11.8 Å². The van der Waals surface area contributed by atoms with Crippen molar-refractivity contribution in [2.45, 2.75) is 51.5 Å². The predicted molar refractivity (Wildman–Crippen MR) is 101 cm³/mol. The zero-order chi connectivity index (χ0) is 17.6. The van der Waals surface area contributed by atoms with Crippen molar-refractivity contribution >= 4 is 5.91 Å². The summed E-state index contributed by atoms with van der Waals surface area (Å²) in [5.41, 5.74) is 0.719. The number of rotatable bonds is 5. The van der Waals surface area contributed by atoms with Crippen LogP contribution in [0.25, 0.3) is 0 Å².